The number of phenolic OH excluding ortho intramolecular Hbond substituents is 2. The molecule has 0 amide bonds. The highest BCUT2D eigenvalue weighted by atomic mass is 35.5. The average Bonchev–Trinajstić information content (AvgIpc) is 2.86. The van der Waals surface area contributed by atoms with Crippen LogP contribution in [0.5, 0.6) is 11.5 Å². The van der Waals surface area contributed by atoms with Gasteiger partial charge in [0.25, 0.3) is 0 Å². The molecule has 0 aliphatic carbocycles. The third-order valence-corrected chi connectivity index (χ3v) is 4.11. The summed E-state index contributed by atoms with van der Waals surface area (Å²) in [7, 11) is 0. The number of phenols is 2. The summed E-state index contributed by atoms with van der Waals surface area (Å²) in [4.78, 5) is 4.22. The van der Waals surface area contributed by atoms with E-state index >= 15 is 0 Å². The summed E-state index contributed by atoms with van der Waals surface area (Å²) >= 11 is 12.3. The van der Waals surface area contributed by atoms with Gasteiger partial charge in [0.1, 0.15) is 23.4 Å². The first-order valence-corrected chi connectivity index (χ1v) is 7.17. The van der Waals surface area contributed by atoms with E-state index in [2.05, 4.69) is 10.3 Å². The summed E-state index contributed by atoms with van der Waals surface area (Å²) < 4.78 is 14.1. The predicted octanol–water partition coefficient (Wildman–Crippen LogP) is 3.96. The van der Waals surface area contributed by atoms with E-state index in [-0.39, 0.29) is 21.5 Å². The van der Waals surface area contributed by atoms with Gasteiger partial charge < -0.3 is 15.5 Å². The second kappa shape index (κ2) is 5.66. The second-order valence-electron chi connectivity index (χ2n) is 4.90. The summed E-state index contributed by atoms with van der Waals surface area (Å²) in [6, 6.07) is 5.57. The van der Waals surface area contributed by atoms with Crippen molar-refractivity contribution >= 4 is 29.5 Å². The van der Waals surface area contributed by atoms with Crippen molar-refractivity contribution < 1.29 is 14.6 Å². The molecule has 2 atom stereocenters. The van der Waals surface area contributed by atoms with Crippen LogP contribution >= 0.6 is 23.2 Å². The lowest BCUT2D eigenvalue weighted by atomic mass is 9.94. The first-order chi connectivity index (χ1) is 10.5. The Morgan fingerprint density at radius 2 is 1.73 bits per heavy atom. The highest BCUT2D eigenvalue weighted by Gasteiger charge is 2.32. The van der Waals surface area contributed by atoms with E-state index in [1.807, 2.05) is 0 Å². The number of hydrogen-bond acceptors (Lipinski definition) is 4. The van der Waals surface area contributed by atoms with Crippen LogP contribution in [0.15, 0.2) is 35.3 Å². The van der Waals surface area contributed by atoms with Gasteiger partial charge in [0.15, 0.2) is 0 Å². The van der Waals surface area contributed by atoms with Crippen LogP contribution in [-0.2, 0) is 0 Å². The number of aliphatic imine (C=N–C) groups is 1. The molecule has 0 spiro atoms. The van der Waals surface area contributed by atoms with Gasteiger partial charge in [-0.1, -0.05) is 29.3 Å². The standard InChI is InChI=1S/C15H11Cl2FN2O2/c16-10-3-8(22)4-11(17)13(10)15-14(19-6-20-15)9-2-1-7(21)5-12(9)18/h1-6,14-15,21-22H,(H,19,20)/t14-,15+/m0/s1. The van der Waals surface area contributed by atoms with Gasteiger partial charge in [-0.3, -0.25) is 4.99 Å². The number of benzene rings is 2. The minimum absolute atomic E-state index is 0.0509. The van der Waals surface area contributed by atoms with E-state index in [1.165, 1.54) is 30.6 Å². The summed E-state index contributed by atoms with van der Waals surface area (Å²) in [5.74, 6) is -0.777. The number of aromatic hydroxyl groups is 2. The van der Waals surface area contributed by atoms with Gasteiger partial charge >= 0.3 is 0 Å². The lowest BCUT2D eigenvalue weighted by Crippen LogP contribution is -2.20. The van der Waals surface area contributed by atoms with E-state index in [0.29, 0.717) is 11.1 Å². The molecule has 0 saturated heterocycles. The Hall–Kier alpha value is -1.98. The van der Waals surface area contributed by atoms with Gasteiger partial charge in [0.05, 0.1) is 22.4 Å². The second-order valence-corrected chi connectivity index (χ2v) is 5.71. The largest absolute Gasteiger partial charge is 0.508 e. The first kappa shape index (κ1) is 14.9. The number of hydrogen-bond donors (Lipinski definition) is 3. The van der Waals surface area contributed by atoms with Crippen LogP contribution in [-0.4, -0.2) is 16.6 Å². The van der Waals surface area contributed by atoms with Crippen molar-refractivity contribution in [1.82, 2.24) is 5.32 Å². The molecule has 0 saturated carbocycles. The molecule has 0 unspecified atom stereocenters. The molecule has 2 aromatic rings. The van der Waals surface area contributed by atoms with E-state index in [4.69, 9.17) is 23.2 Å². The molecule has 2 aromatic carbocycles. The Balaban J connectivity index is 2.05. The molecule has 0 radical (unpaired) electrons. The number of nitrogens with zero attached hydrogens (tertiary/aromatic N) is 1. The van der Waals surface area contributed by atoms with Crippen LogP contribution in [0.25, 0.3) is 0 Å². The van der Waals surface area contributed by atoms with Crippen molar-refractivity contribution in [2.75, 3.05) is 0 Å². The molecule has 3 rings (SSSR count). The molecule has 0 bridgehead atoms. The highest BCUT2D eigenvalue weighted by molar-refractivity contribution is 6.36. The SMILES string of the molecule is Oc1ccc([C@@H]2N=CN[C@@H]2c2c(Cl)cc(O)cc2Cl)c(F)c1. The lowest BCUT2D eigenvalue weighted by molar-refractivity contribution is 0.463. The van der Waals surface area contributed by atoms with Gasteiger partial charge in [0.2, 0.25) is 0 Å². The van der Waals surface area contributed by atoms with Gasteiger partial charge in [-0.25, -0.2) is 4.39 Å². The summed E-state index contributed by atoms with van der Waals surface area (Å²) in [6.45, 7) is 0. The van der Waals surface area contributed by atoms with E-state index < -0.39 is 17.9 Å². The van der Waals surface area contributed by atoms with Gasteiger partial charge in [-0.2, -0.15) is 0 Å². The van der Waals surface area contributed by atoms with Crippen molar-refractivity contribution in [2.24, 2.45) is 4.99 Å². The Kier molecular flexibility index (Phi) is 3.85. The Morgan fingerprint density at radius 1 is 1.05 bits per heavy atom. The number of nitrogens with one attached hydrogen (secondary N) is 1. The maximum Gasteiger partial charge on any atom is 0.132 e. The van der Waals surface area contributed by atoms with E-state index in [9.17, 15) is 14.6 Å². The zero-order valence-corrected chi connectivity index (χ0v) is 12.6. The average molecular weight is 341 g/mol. The molecular formula is C15H11Cl2FN2O2. The zero-order chi connectivity index (χ0) is 15.9. The Labute approximate surface area is 135 Å². The molecule has 114 valence electrons. The quantitative estimate of drug-likeness (QED) is 0.775. The number of halogens is 3. The fraction of sp³-hybridized carbons (Fsp3) is 0.133. The smallest absolute Gasteiger partial charge is 0.132 e. The molecule has 4 nitrogen and oxygen atoms in total. The maximum absolute atomic E-state index is 14.1. The molecule has 1 aliphatic rings. The monoisotopic (exact) mass is 340 g/mol. The molecule has 22 heavy (non-hydrogen) atoms. The molecule has 3 N–H and O–H groups in total. The third kappa shape index (κ3) is 2.58. The van der Waals surface area contributed by atoms with Crippen molar-refractivity contribution in [3.8, 4) is 11.5 Å². The molecule has 0 fully saturated rings. The van der Waals surface area contributed by atoms with Crippen LogP contribution in [0, 0.1) is 5.82 Å². The minimum atomic E-state index is -0.583. The summed E-state index contributed by atoms with van der Waals surface area (Å²) in [5, 5.41) is 22.3. The maximum atomic E-state index is 14.1. The fourth-order valence-electron chi connectivity index (χ4n) is 2.51. The first-order valence-electron chi connectivity index (χ1n) is 6.41. The minimum Gasteiger partial charge on any atom is -0.508 e. The normalized spacial score (nSPS) is 20.1. The van der Waals surface area contributed by atoms with Crippen molar-refractivity contribution in [1.29, 1.82) is 0 Å². The Bertz CT molecular complexity index is 744. The van der Waals surface area contributed by atoms with Crippen LogP contribution in [0.1, 0.15) is 23.2 Å². The summed E-state index contributed by atoms with van der Waals surface area (Å²) in [6.07, 6.45) is 1.46. The van der Waals surface area contributed by atoms with Crippen LogP contribution < -0.4 is 5.32 Å². The molecule has 1 heterocycles. The van der Waals surface area contributed by atoms with Gasteiger partial charge in [-0.15, -0.1) is 0 Å². The van der Waals surface area contributed by atoms with Crippen LogP contribution in [0.4, 0.5) is 4.39 Å². The van der Waals surface area contributed by atoms with Crippen molar-refractivity contribution in [3.63, 3.8) is 0 Å². The topological polar surface area (TPSA) is 64.9 Å². The molecule has 7 heteroatoms. The van der Waals surface area contributed by atoms with Crippen LogP contribution in [0.2, 0.25) is 10.0 Å². The van der Waals surface area contributed by atoms with Crippen molar-refractivity contribution in [2.45, 2.75) is 12.1 Å². The molecular weight excluding hydrogens is 330 g/mol. The zero-order valence-electron chi connectivity index (χ0n) is 11.1. The fourth-order valence-corrected chi connectivity index (χ4v) is 3.22. The number of rotatable bonds is 2. The molecule has 1 aliphatic heterocycles. The highest BCUT2D eigenvalue weighted by Crippen LogP contribution is 2.43. The molecule has 0 aromatic heterocycles. The third-order valence-electron chi connectivity index (χ3n) is 3.48. The van der Waals surface area contributed by atoms with Gasteiger partial charge in [-0.05, 0) is 18.2 Å². The van der Waals surface area contributed by atoms with E-state index in [0.717, 1.165) is 6.07 Å². The van der Waals surface area contributed by atoms with Crippen LogP contribution in [0.3, 0.4) is 0 Å². The van der Waals surface area contributed by atoms with Gasteiger partial charge in [0, 0.05) is 17.2 Å². The summed E-state index contributed by atoms with van der Waals surface area (Å²) in [5.41, 5.74) is 0.834. The predicted molar refractivity (Wildman–Crippen MR) is 83.3 cm³/mol. The van der Waals surface area contributed by atoms with Crippen molar-refractivity contribution in [3.05, 3.63) is 57.3 Å². The Morgan fingerprint density at radius 3 is 2.36 bits per heavy atom. The lowest BCUT2D eigenvalue weighted by Gasteiger charge is -2.22. The van der Waals surface area contributed by atoms with E-state index in [1.54, 1.807) is 0 Å².